The number of piperidine rings is 1. The molecule has 1 unspecified atom stereocenters. The number of benzene rings is 2. The Morgan fingerprint density at radius 2 is 1.83 bits per heavy atom. The van der Waals surface area contributed by atoms with E-state index in [1.807, 2.05) is 48.5 Å². The lowest BCUT2D eigenvalue weighted by Crippen LogP contribution is -2.38. The van der Waals surface area contributed by atoms with Gasteiger partial charge in [0, 0.05) is 30.6 Å². The number of ether oxygens (including phenoxy) is 2. The summed E-state index contributed by atoms with van der Waals surface area (Å²) in [4.78, 5) is 27.3. The predicted octanol–water partition coefficient (Wildman–Crippen LogP) is 5.98. The van der Waals surface area contributed by atoms with Crippen molar-refractivity contribution >= 4 is 20.7 Å². The van der Waals surface area contributed by atoms with E-state index >= 15 is 0 Å². The first kappa shape index (κ1) is 25.2. The molecule has 1 heterocycles. The highest BCUT2D eigenvalue weighted by molar-refractivity contribution is 6.60. The van der Waals surface area contributed by atoms with Gasteiger partial charge in [-0.05, 0) is 47.1 Å². The predicted molar refractivity (Wildman–Crippen MR) is 142 cm³/mol. The monoisotopic (exact) mass is 491 g/mol. The second kappa shape index (κ2) is 10.8. The Morgan fingerprint density at radius 1 is 1.11 bits per heavy atom. The molecule has 4 rings (SSSR count). The van der Waals surface area contributed by atoms with Gasteiger partial charge in [0.2, 0.25) is 0 Å². The Kier molecular flexibility index (Phi) is 7.80. The Morgan fingerprint density at radius 3 is 2.51 bits per heavy atom. The fourth-order valence-electron chi connectivity index (χ4n) is 4.42. The number of amides is 1. The maximum Gasteiger partial charge on any atom is 0.410 e. The van der Waals surface area contributed by atoms with Crippen LogP contribution < -0.4 is 4.74 Å². The van der Waals surface area contributed by atoms with Gasteiger partial charge < -0.3 is 14.4 Å². The molecule has 1 aliphatic carbocycles. The molecule has 35 heavy (non-hydrogen) atoms. The SMILES string of the molecule is C[SiH](COc1ccc2c(c1)C(=O)/C(=C/C1CCN(C(=O)OCc3ccccc3)CC1)C2)C(C)(C)C. The van der Waals surface area contributed by atoms with Gasteiger partial charge >= 0.3 is 6.09 Å². The van der Waals surface area contributed by atoms with Crippen LogP contribution in [0.3, 0.4) is 0 Å². The lowest BCUT2D eigenvalue weighted by molar-refractivity contribution is 0.0852. The van der Waals surface area contributed by atoms with Crippen LogP contribution in [-0.2, 0) is 17.8 Å². The van der Waals surface area contributed by atoms with Crippen molar-refractivity contribution in [3.63, 3.8) is 0 Å². The number of allylic oxidation sites excluding steroid dienone is 2. The summed E-state index contributed by atoms with van der Waals surface area (Å²) in [6.45, 7) is 10.7. The molecule has 0 radical (unpaired) electrons. The van der Waals surface area contributed by atoms with Crippen molar-refractivity contribution in [2.24, 2.45) is 5.92 Å². The van der Waals surface area contributed by atoms with Crippen molar-refractivity contribution < 1.29 is 19.1 Å². The minimum Gasteiger partial charge on any atom is -0.498 e. The lowest BCUT2D eigenvalue weighted by Gasteiger charge is -2.30. The van der Waals surface area contributed by atoms with Gasteiger partial charge in [-0.1, -0.05) is 69.8 Å². The molecule has 1 atom stereocenters. The zero-order chi connectivity index (χ0) is 25.0. The minimum absolute atomic E-state index is 0.122. The van der Waals surface area contributed by atoms with Gasteiger partial charge in [-0.3, -0.25) is 4.79 Å². The third-order valence-electron chi connectivity index (χ3n) is 7.42. The van der Waals surface area contributed by atoms with Crippen molar-refractivity contribution in [1.29, 1.82) is 0 Å². The molecule has 0 aromatic heterocycles. The number of ketones is 1. The summed E-state index contributed by atoms with van der Waals surface area (Å²) < 4.78 is 11.5. The van der Waals surface area contributed by atoms with E-state index in [9.17, 15) is 9.59 Å². The number of nitrogens with zero attached hydrogens (tertiary/aromatic N) is 1. The first-order chi connectivity index (χ1) is 16.7. The van der Waals surface area contributed by atoms with E-state index in [1.54, 1.807) is 4.90 Å². The number of carbonyl (C=O) groups excluding carboxylic acids is 2. The molecular formula is C29H37NO4Si. The average Bonchev–Trinajstić information content (AvgIpc) is 3.16. The fraction of sp³-hybridized carbons (Fsp3) is 0.448. The molecule has 1 saturated heterocycles. The van der Waals surface area contributed by atoms with E-state index in [-0.39, 0.29) is 11.9 Å². The number of carbonyl (C=O) groups is 2. The second-order valence-electron chi connectivity index (χ2n) is 11.0. The van der Waals surface area contributed by atoms with Gasteiger partial charge in [0.15, 0.2) is 5.78 Å². The van der Waals surface area contributed by atoms with Gasteiger partial charge in [-0.15, -0.1) is 0 Å². The van der Waals surface area contributed by atoms with Crippen LogP contribution >= 0.6 is 0 Å². The van der Waals surface area contributed by atoms with Crippen LogP contribution in [0.2, 0.25) is 11.6 Å². The normalized spacial score (nSPS) is 18.5. The van der Waals surface area contributed by atoms with Crippen LogP contribution in [0, 0.1) is 5.92 Å². The molecule has 2 aromatic carbocycles. The van der Waals surface area contributed by atoms with Crippen LogP contribution in [0.5, 0.6) is 5.75 Å². The standard InChI is InChI=1S/C29H37NO4Si/c1-29(2,3)35(4)20-34-25-11-10-23-17-24(27(31)26(23)18-25)16-21-12-14-30(15-13-21)28(32)33-19-22-8-6-5-7-9-22/h5-11,16,18,21,35H,12-15,17,19-20H2,1-4H3/b24-16+. The van der Waals surface area contributed by atoms with Crippen molar-refractivity contribution in [2.75, 3.05) is 19.3 Å². The highest BCUT2D eigenvalue weighted by atomic mass is 28.3. The maximum atomic E-state index is 13.1. The van der Waals surface area contributed by atoms with Crippen LogP contribution in [0.25, 0.3) is 0 Å². The zero-order valence-electron chi connectivity index (χ0n) is 21.4. The first-order valence-electron chi connectivity index (χ1n) is 12.7. The summed E-state index contributed by atoms with van der Waals surface area (Å²) in [5, 5.41) is 0.316. The molecule has 6 heteroatoms. The van der Waals surface area contributed by atoms with E-state index in [1.165, 1.54) is 0 Å². The summed E-state index contributed by atoms with van der Waals surface area (Å²) in [5.41, 5.74) is 3.72. The minimum atomic E-state index is -1.02. The van der Waals surface area contributed by atoms with Crippen molar-refractivity contribution in [1.82, 2.24) is 4.90 Å². The topological polar surface area (TPSA) is 55.8 Å². The summed E-state index contributed by atoms with van der Waals surface area (Å²) in [7, 11) is -1.02. The third kappa shape index (κ3) is 6.43. The third-order valence-corrected chi connectivity index (χ3v) is 11.0. The van der Waals surface area contributed by atoms with E-state index in [0.717, 1.165) is 47.1 Å². The highest BCUT2D eigenvalue weighted by Gasteiger charge is 2.29. The van der Waals surface area contributed by atoms with Gasteiger partial charge in [0.25, 0.3) is 0 Å². The van der Waals surface area contributed by atoms with E-state index in [4.69, 9.17) is 9.47 Å². The van der Waals surface area contributed by atoms with Crippen LogP contribution in [-0.4, -0.2) is 44.9 Å². The molecule has 2 aromatic rings. The summed E-state index contributed by atoms with van der Waals surface area (Å²) >= 11 is 0. The van der Waals surface area contributed by atoms with Gasteiger partial charge in [-0.2, -0.15) is 0 Å². The fourth-order valence-corrected chi connectivity index (χ4v) is 5.36. The van der Waals surface area contributed by atoms with Crippen LogP contribution in [0.1, 0.15) is 55.1 Å². The molecule has 2 aliphatic rings. The number of hydrogen-bond donors (Lipinski definition) is 0. The molecule has 0 N–H and O–H groups in total. The zero-order valence-corrected chi connectivity index (χ0v) is 22.5. The highest BCUT2D eigenvalue weighted by Crippen LogP contribution is 2.33. The number of Topliss-reactive ketones (excluding diaryl/α,β-unsaturated/α-hetero) is 1. The number of likely N-dealkylation sites (tertiary alicyclic amines) is 1. The van der Waals surface area contributed by atoms with Crippen LogP contribution in [0.15, 0.2) is 60.2 Å². The Balaban J connectivity index is 1.29. The second-order valence-corrected chi connectivity index (χ2v) is 14.8. The van der Waals surface area contributed by atoms with E-state index in [2.05, 4.69) is 33.4 Å². The maximum absolute atomic E-state index is 13.1. The molecule has 1 aliphatic heterocycles. The number of fused-ring (bicyclic) bond motifs is 1. The van der Waals surface area contributed by atoms with Crippen molar-refractivity contribution in [2.45, 2.75) is 58.2 Å². The average molecular weight is 492 g/mol. The van der Waals surface area contributed by atoms with E-state index in [0.29, 0.717) is 37.1 Å². The molecule has 5 nitrogen and oxygen atoms in total. The van der Waals surface area contributed by atoms with Gasteiger partial charge in [0.05, 0.1) is 15.0 Å². The smallest absolute Gasteiger partial charge is 0.410 e. The first-order valence-corrected chi connectivity index (χ1v) is 15.2. The van der Waals surface area contributed by atoms with Crippen LogP contribution in [0.4, 0.5) is 4.79 Å². The van der Waals surface area contributed by atoms with E-state index < -0.39 is 8.80 Å². The molecule has 0 spiro atoms. The van der Waals surface area contributed by atoms with Gasteiger partial charge in [-0.25, -0.2) is 4.79 Å². The summed E-state index contributed by atoms with van der Waals surface area (Å²) in [6.07, 6.45) is 5.02. The number of hydrogen-bond acceptors (Lipinski definition) is 4. The quantitative estimate of drug-likeness (QED) is 0.369. The molecule has 186 valence electrons. The molecule has 0 saturated carbocycles. The lowest BCUT2D eigenvalue weighted by atomic mass is 9.93. The molecule has 0 bridgehead atoms. The molecule has 1 fully saturated rings. The molecular weight excluding hydrogens is 454 g/mol. The largest absolute Gasteiger partial charge is 0.498 e. The van der Waals surface area contributed by atoms with Crippen molar-refractivity contribution in [3.8, 4) is 5.75 Å². The summed E-state index contributed by atoms with van der Waals surface area (Å²) in [6, 6.07) is 15.7. The molecule has 1 amide bonds. The van der Waals surface area contributed by atoms with Crippen molar-refractivity contribution in [3.05, 3.63) is 76.9 Å². The number of rotatable bonds is 6. The Labute approximate surface area is 210 Å². The Bertz CT molecular complexity index is 1080. The summed E-state index contributed by atoms with van der Waals surface area (Å²) in [5.74, 6) is 1.22. The van der Waals surface area contributed by atoms with Gasteiger partial charge in [0.1, 0.15) is 12.4 Å². The Hall–Kier alpha value is -2.86.